The molecule has 2 atom stereocenters. The minimum Gasteiger partial charge on any atom is -0.237 e. The van der Waals surface area contributed by atoms with Crippen molar-refractivity contribution in [2.45, 2.75) is 28.4 Å². The average molecular weight is 458 g/mol. The normalized spacial score (nSPS) is 17.9. The number of benzene rings is 3. The molecule has 1 fully saturated rings. The van der Waals surface area contributed by atoms with E-state index in [1.165, 1.54) is 17.7 Å². The molecular weight excluding hydrogens is 433 g/mol. The first kappa shape index (κ1) is 21.6. The second kappa shape index (κ2) is 9.69. The topological polar surface area (TPSA) is 29.1 Å². The number of hydrogen-bond acceptors (Lipinski definition) is 3. The van der Waals surface area contributed by atoms with E-state index in [1.54, 1.807) is 12.1 Å². The van der Waals surface area contributed by atoms with Crippen LogP contribution in [0.1, 0.15) is 29.2 Å². The predicted molar refractivity (Wildman–Crippen MR) is 128 cm³/mol. The van der Waals surface area contributed by atoms with Crippen LogP contribution in [0, 0.1) is 12.7 Å². The van der Waals surface area contributed by atoms with Crippen LogP contribution in [-0.4, -0.2) is 15.7 Å². The fourth-order valence-electron chi connectivity index (χ4n) is 3.58. The van der Waals surface area contributed by atoms with E-state index in [0.717, 1.165) is 33.9 Å². The molecule has 0 radical (unpaired) electrons. The van der Waals surface area contributed by atoms with Crippen LogP contribution >= 0.6 is 23.5 Å². The molecule has 0 aliphatic carbocycles. The fraction of sp³-hybridized carbons (Fsp3) is 0.250. The first-order chi connectivity index (χ1) is 14.6. The minimum absolute atomic E-state index is 0.252. The number of halogens is 1. The highest BCUT2D eigenvalue weighted by molar-refractivity contribution is 8.18. The second-order valence-electron chi connectivity index (χ2n) is 7.27. The van der Waals surface area contributed by atoms with E-state index in [4.69, 9.17) is 0 Å². The first-order valence-electron chi connectivity index (χ1n) is 9.92. The van der Waals surface area contributed by atoms with Crippen molar-refractivity contribution >= 4 is 34.5 Å². The average Bonchev–Trinajstić information content (AvgIpc) is 2.79. The lowest BCUT2D eigenvalue weighted by atomic mass is 9.98. The summed E-state index contributed by atoms with van der Waals surface area (Å²) in [5.74, 6) is 1.78. The van der Waals surface area contributed by atoms with Gasteiger partial charge in [0.15, 0.2) is 0 Å². The maximum absolute atomic E-state index is 13.7. The summed E-state index contributed by atoms with van der Waals surface area (Å²) in [6.45, 7) is 2.02. The lowest BCUT2D eigenvalue weighted by molar-refractivity contribution is 0.584. The summed E-state index contributed by atoms with van der Waals surface area (Å²) in [6.07, 6.45) is 1.14. The van der Waals surface area contributed by atoms with Crippen molar-refractivity contribution in [1.82, 2.24) is 4.72 Å². The minimum atomic E-state index is -1.40. The summed E-state index contributed by atoms with van der Waals surface area (Å²) in [5.41, 5.74) is 3.25. The van der Waals surface area contributed by atoms with Gasteiger partial charge in [0.2, 0.25) is 0 Å². The monoisotopic (exact) mass is 457 g/mol. The zero-order valence-corrected chi connectivity index (χ0v) is 19.2. The SMILES string of the molecule is Cc1ccc([S@](=O)N[C@@H](c2ccc(F)cc2)C2(c3ccccc3)SCCCS2)cc1. The van der Waals surface area contributed by atoms with Gasteiger partial charge in [-0.25, -0.2) is 13.3 Å². The summed E-state index contributed by atoms with van der Waals surface area (Å²) < 4.78 is 30.1. The Hall–Kier alpha value is -1.60. The van der Waals surface area contributed by atoms with E-state index in [0.29, 0.717) is 0 Å². The summed E-state index contributed by atoms with van der Waals surface area (Å²) in [4.78, 5) is 0.738. The Morgan fingerprint density at radius 3 is 2.20 bits per heavy atom. The van der Waals surface area contributed by atoms with Gasteiger partial charge in [0.1, 0.15) is 20.9 Å². The standard InChI is InChI=1S/C24H24FNOS3/c1-18-8-14-22(15-9-18)30(27)26-23(19-10-12-21(25)13-11-19)24(28-16-5-17-29-24)20-6-3-2-4-7-20/h2-4,6-15,23,26H,5,16-17H2,1H3/t23-,30-/m0/s1. The lowest BCUT2D eigenvalue weighted by Crippen LogP contribution is -2.40. The third-order valence-corrected chi connectivity index (χ3v) is 9.78. The smallest absolute Gasteiger partial charge is 0.125 e. The second-order valence-corrected chi connectivity index (χ2v) is 11.5. The number of hydrogen-bond donors (Lipinski definition) is 1. The highest BCUT2D eigenvalue weighted by atomic mass is 32.2. The van der Waals surface area contributed by atoms with Crippen LogP contribution in [-0.2, 0) is 15.1 Å². The number of rotatable bonds is 6. The van der Waals surface area contributed by atoms with Gasteiger partial charge in [-0.2, -0.15) is 0 Å². The highest BCUT2D eigenvalue weighted by Gasteiger charge is 2.44. The van der Waals surface area contributed by atoms with Crippen molar-refractivity contribution in [2.75, 3.05) is 11.5 Å². The van der Waals surface area contributed by atoms with E-state index in [1.807, 2.05) is 72.9 Å². The maximum Gasteiger partial charge on any atom is 0.125 e. The first-order valence-corrected chi connectivity index (χ1v) is 13.0. The Morgan fingerprint density at radius 1 is 0.933 bits per heavy atom. The van der Waals surface area contributed by atoms with Gasteiger partial charge in [-0.3, -0.25) is 0 Å². The van der Waals surface area contributed by atoms with Crippen molar-refractivity contribution in [3.05, 3.63) is 101 Å². The molecule has 1 aliphatic rings. The maximum atomic E-state index is 13.7. The third kappa shape index (κ3) is 4.67. The largest absolute Gasteiger partial charge is 0.237 e. The molecule has 1 N–H and O–H groups in total. The Labute approximate surface area is 188 Å². The number of thioether (sulfide) groups is 2. The van der Waals surface area contributed by atoms with E-state index >= 15 is 0 Å². The zero-order valence-electron chi connectivity index (χ0n) is 16.7. The van der Waals surface area contributed by atoms with Crippen LogP contribution in [0.25, 0.3) is 0 Å². The van der Waals surface area contributed by atoms with Gasteiger partial charge >= 0.3 is 0 Å². The van der Waals surface area contributed by atoms with Gasteiger partial charge in [0.25, 0.3) is 0 Å². The molecule has 0 bridgehead atoms. The van der Waals surface area contributed by atoms with E-state index in [2.05, 4.69) is 16.9 Å². The van der Waals surface area contributed by atoms with Gasteiger partial charge in [0.05, 0.1) is 10.9 Å². The highest BCUT2D eigenvalue weighted by Crippen LogP contribution is 2.57. The molecule has 0 spiro atoms. The van der Waals surface area contributed by atoms with Crippen LogP contribution in [0.2, 0.25) is 0 Å². The van der Waals surface area contributed by atoms with Crippen molar-refractivity contribution < 1.29 is 8.60 Å². The Morgan fingerprint density at radius 2 is 1.57 bits per heavy atom. The predicted octanol–water partition coefficient (Wildman–Crippen LogP) is 6.21. The molecule has 156 valence electrons. The number of aryl methyl sites for hydroxylation is 1. The molecule has 1 aliphatic heterocycles. The van der Waals surface area contributed by atoms with Gasteiger partial charge in [-0.1, -0.05) is 60.2 Å². The van der Waals surface area contributed by atoms with Gasteiger partial charge < -0.3 is 0 Å². The Kier molecular flexibility index (Phi) is 6.98. The quantitative estimate of drug-likeness (QED) is 0.477. The molecule has 30 heavy (non-hydrogen) atoms. The van der Waals surface area contributed by atoms with Crippen LogP contribution in [0.3, 0.4) is 0 Å². The van der Waals surface area contributed by atoms with E-state index < -0.39 is 11.0 Å². The summed E-state index contributed by atoms with van der Waals surface area (Å²) in [5, 5.41) is 0. The van der Waals surface area contributed by atoms with E-state index in [9.17, 15) is 8.60 Å². The molecule has 3 aromatic carbocycles. The molecule has 1 saturated heterocycles. The molecule has 0 aromatic heterocycles. The molecule has 6 heteroatoms. The zero-order chi connectivity index (χ0) is 21.0. The Balaban J connectivity index is 1.78. The number of nitrogens with one attached hydrogen (secondary N) is 1. The molecular formula is C24H24FNOS3. The van der Waals surface area contributed by atoms with Crippen LogP contribution in [0.4, 0.5) is 4.39 Å². The van der Waals surface area contributed by atoms with Crippen LogP contribution < -0.4 is 4.72 Å². The molecule has 3 aromatic rings. The van der Waals surface area contributed by atoms with Gasteiger partial charge in [0, 0.05) is 0 Å². The van der Waals surface area contributed by atoms with Gasteiger partial charge in [-0.15, -0.1) is 23.5 Å². The van der Waals surface area contributed by atoms with Crippen molar-refractivity contribution in [1.29, 1.82) is 0 Å². The molecule has 0 amide bonds. The van der Waals surface area contributed by atoms with Crippen molar-refractivity contribution in [2.24, 2.45) is 0 Å². The van der Waals surface area contributed by atoms with Crippen molar-refractivity contribution in [3.63, 3.8) is 0 Å². The summed E-state index contributed by atoms with van der Waals surface area (Å²) in [7, 11) is -1.40. The third-order valence-electron chi connectivity index (χ3n) is 5.14. The van der Waals surface area contributed by atoms with Crippen LogP contribution in [0.5, 0.6) is 0 Å². The van der Waals surface area contributed by atoms with Gasteiger partial charge in [-0.05, 0) is 60.2 Å². The summed E-state index contributed by atoms with van der Waals surface area (Å²) >= 11 is 3.77. The molecule has 0 unspecified atom stereocenters. The van der Waals surface area contributed by atoms with Crippen LogP contribution in [0.15, 0.2) is 83.8 Å². The molecule has 1 heterocycles. The van der Waals surface area contributed by atoms with E-state index in [-0.39, 0.29) is 15.9 Å². The molecule has 2 nitrogen and oxygen atoms in total. The summed E-state index contributed by atoms with van der Waals surface area (Å²) in [6, 6.07) is 24.4. The molecule has 4 rings (SSSR count). The molecule has 0 saturated carbocycles. The Bertz CT molecular complexity index is 987. The van der Waals surface area contributed by atoms with Crippen molar-refractivity contribution in [3.8, 4) is 0 Å². The fourth-order valence-corrected chi connectivity index (χ4v) is 8.30. The lowest BCUT2D eigenvalue weighted by Gasteiger charge is -2.43.